The lowest BCUT2D eigenvalue weighted by molar-refractivity contribution is 0.0929. The summed E-state index contributed by atoms with van der Waals surface area (Å²) in [6.45, 7) is 9.91. The first-order chi connectivity index (χ1) is 10.8. The number of nitrogens with one attached hydrogen (secondary N) is 1. The molecule has 7 heteroatoms. The maximum absolute atomic E-state index is 12.4. The number of aryl methyl sites for hydroxylation is 4. The van der Waals surface area contributed by atoms with E-state index < -0.39 is 0 Å². The predicted octanol–water partition coefficient (Wildman–Crippen LogP) is 2.91. The number of rotatable bonds is 3. The number of thiophene rings is 1. The molecule has 0 saturated heterocycles. The number of fused-ring (bicyclic) bond motifs is 1. The van der Waals surface area contributed by atoms with Crippen LogP contribution < -0.4 is 5.32 Å². The van der Waals surface area contributed by atoms with Crippen molar-refractivity contribution in [2.75, 3.05) is 0 Å². The number of nitrogens with zero attached hydrogens (tertiary/aromatic N) is 4. The van der Waals surface area contributed by atoms with Gasteiger partial charge >= 0.3 is 0 Å². The molecule has 0 radical (unpaired) electrons. The second kappa shape index (κ2) is 5.73. The lowest BCUT2D eigenvalue weighted by Crippen LogP contribution is -2.27. The van der Waals surface area contributed by atoms with Crippen LogP contribution in [0, 0.1) is 27.7 Å². The van der Waals surface area contributed by atoms with Crippen molar-refractivity contribution < 1.29 is 4.79 Å². The molecule has 3 aromatic heterocycles. The third-order valence-corrected chi connectivity index (χ3v) is 4.70. The summed E-state index contributed by atoms with van der Waals surface area (Å²) in [4.78, 5) is 23.4. The summed E-state index contributed by atoms with van der Waals surface area (Å²) in [7, 11) is 0. The normalized spacial score (nSPS) is 12.6. The van der Waals surface area contributed by atoms with Crippen LogP contribution in [0.1, 0.15) is 50.3 Å². The molecule has 1 atom stereocenters. The van der Waals surface area contributed by atoms with Gasteiger partial charge in [0, 0.05) is 21.1 Å². The zero-order valence-corrected chi connectivity index (χ0v) is 14.7. The first-order valence-electron chi connectivity index (χ1n) is 7.44. The molecule has 1 N–H and O–H groups in total. The SMILES string of the molecule is Cc1cc(C)n2nc(C(=O)NC(C)c3cc(C)sc3C)nc2n1. The molecule has 0 aliphatic rings. The summed E-state index contributed by atoms with van der Waals surface area (Å²) in [6.07, 6.45) is 0. The Labute approximate surface area is 138 Å². The highest BCUT2D eigenvalue weighted by Gasteiger charge is 2.19. The van der Waals surface area contributed by atoms with Gasteiger partial charge in [0.1, 0.15) is 0 Å². The second-order valence-electron chi connectivity index (χ2n) is 5.75. The van der Waals surface area contributed by atoms with Crippen molar-refractivity contribution in [1.82, 2.24) is 24.9 Å². The number of aromatic nitrogens is 4. The Hall–Kier alpha value is -2.28. The van der Waals surface area contributed by atoms with Crippen LogP contribution in [0.25, 0.3) is 5.78 Å². The first kappa shape index (κ1) is 15.6. The third-order valence-electron chi connectivity index (χ3n) is 3.71. The van der Waals surface area contributed by atoms with E-state index in [2.05, 4.69) is 40.3 Å². The lowest BCUT2D eigenvalue weighted by atomic mass is 10.1. The van der Waals surface area contributed by atoms with E-state index in [-0.39, 0.29) is 17.8 Å². The average molecular weight is 329 g/mol. The minimum absolute atomic E-state index is 0.0881. The van der Waals surface area contributed by atoms with E-state index in [9.17, 15) is 4.79 Å². The molecule has 6 nitrogen and oxygen atoms in total. The Bertz CT molecular complexity index is 895. The van der Waals surface area contributed by atoms with Gasteiger partial charge in [-0.1, -0.05) is 0 Å². The molecule has 1 amide bonds. The Morgan fingerprint density at radius 3 is 2.61 bits per heavy atom. The van der Waals surface area contributed by atoms with E-state index in [1.807, 2.05) is 26.8 Å². The van der Waals surface area contributed by atoms with Gasteiger partial charge in [0.2, 0.25) is 5.82 Å². The highest BCUT2D eigenvalue weighted by molar-refractivity contribution is 7.12. The van der Waals surface area contributed by atoms with Gasteiger partial charge in [-0.15, -0.1) is 16.4 Å². The van der Waals surface area contributed by atoms with Crippen molar-refractivity contribution in [1.29, 1.82) is 0 Å². The van der Waals surface area contributed by atoms with Gasteiger partial charge in [0.05, 0.1) is 6.04 Å². The molecular weight excluding hydrogens is 310 g/mol. The summed E-state index contributed by atoms with van der Waals surface area (Å²) in [5, 5.41) is 7.22. The van der Waals surface area contributed by atoms with E-state index in [0.29, 0.717) is 5.78 Å². The molecule has 0 aliphatic carbocycles. The zero-order chi connectivity index (χ0) is 16.7. The van der Waals surface area contributed by atoms with Crippen molar-refractivity contribution in [3.05, 3.63) is 44.7 Å². The van der Waals surface area contributed by atoms with Crippen LogP contribution in [-0.2, 0) is 0 Å². The Balaban J connectivity index is 1.86. The lowest BCUT2D eigenvalue weighted by Gasteiger charge is -2.12. The number of carbonyl (C=O) groups excluding carboxylic acids is 1. The topological polar surface area (TPSA) is 72.2 Å². The standard InChI is InChI=1S/C16H19N5OS/c1-8-6-9(2)21-16(17-8)19-14(20-21)15(22)18-11(4)13-7-10(3)23-12(13)5/h6-7,11H,1-5H3,(H,18,22). The fraction of sp³-hybridized carbons (Fsp3) is 0.375. The summed E-state index contributed by atoms with van der Waals surface area (Å²) < 4.78 is 1.59. The van der Waals surface area contributed by atoms with Gasteiger partial charge in [-0.05, 0) is 52.3 Å². The molecule has 120 valence electrons. The molecule has 3 aromatic rings. The smallest absolute Gasteiger partial charge is 0.291 e. The van der Waals surface area contributed by atoms with Crippen molar-refractivity contribution >= 4 is 23.0 Å². The average Bonchev–Trinajstić information content (AvgIpc) is 3.02. The monoisotopic (exact) mass is 329 g/mol. The summed E-state index contributed by atoms with van der Waals surface area (Å²) in [5.74, 6) is 0.300. The minimum atomic E-state index is -0.289. The van der Waals surface area contributed by atoms with E-state index in [1.165, 1.54) is 9.75 Å². The van der Waals surface area contributed by atoms with Crippen molar-refractivity contribution in [2.24, 2.45) is 0 Å². The van der Waals surface area contributed by atoms with E-state index >= 15 is 0 Å². The molecule has 1 unspecified atom stereocenters. The molecule has 3 heterocycles. The first-order valence-corrected chi connectivity index (χ1v) is 8.25. The Kier molecular flexibility index (Phi) is 3.89. The van der Waals surface area contributed by atoms with Crippen molar-refractivity contribution in [3.63, 3.8) is 0 Å². The molecule has 0 aromatic carbocycles. The number of amides is 1. The minimum Gasteiger partial charge on any atom is -0.343 e. The van der Waals surface area contributed by atoms with Gasteiger partial charge in [0.15, 0.2) is 0 Å². The molecule has 0 spiro atoms. The maximum atomic E-state index is 12.4. The Morgan fingerprint density at radius 1 is 1.22 bits per heavy atom. The van der Waals surface area contributed by atoms with Gasteiger partial charge in [-0.2, -0.15) is 4.98 Å². The maximum Gasteiger partial charge on any atom is 0.291 e. The molecular formula is C16H19N5OS. The number of hydrogen-bond donors (Lipinski definition) is 1. The number of hydrogen-bond acceptors (Lipinski definition) is 5. The quantitative estimate of drug-likeness (QED) is 0.802. The third kappa shape index (κ3) is 2.96. The predicted molar refractivity (Wildman–Crippen MR) is 89.9 cm³/mol. The van der Waals surface area contributed by atoms with E-state index in [1.54, 1.807) is 15.9 Å². The molecule has 0 saturated carbocycles. The summed E-state index contributed by atoms with van der Waals surface area (Å²) >= 11 is 1.73. The number of carbonyl (C=O) groups is 1. The molecule has 23 heavy (non-hydrogen) atoms. The van der Waals surface area contributed by atoms with Gasteiger partial charge < -0.3 is 5.32 Å². The summed E-state index contributed by atoms with van der Waals surface area (Å²) in [5.41, 5.74) is 2.89. The molecule has 0 aliphatic heterocycles. The van der Waals surface area contributed by atoms with Gasteiger partial charge in [-0.3, -0.25) is 4.79 Å². The highest BCUT2D eigenvalue weighted by atomic mass is 32.1. The zero-order valence-electron chi connectivity index (χ0n) is 13.8. The fourth-order valence-electron chi connectivity index (χ4n) is 2.68. The van der Waals surface area contributed by atoms with Crippen LogP contribution in [0.2, 0.25) is 0 Å². The molecule has 3 rings (SSSR count). The Morgan fingerprint density at radius 2 is 1.96 bits per heavy atom. The molecule has 0 bridgehead atoms. The highest BCUT2D eigenvalue weighted by Crippen LogP contribution is 2.26. The van der Waals surface area contributed by atoms with Crippen LogP contribution in [0.5, 0.6) is 0 Å². The van der Waals surface area contributed by atoms with Gasteiger partial charge in [-0.25, -0.2) is 9.50 Å². The largest absolute Gasteiger partial charge is 0.343 e. The van der Waals surface area contributed by atoms with Crippen LogP contribution >= 0.6 is 11.3 Å². The van der Waals surface area contributed by atoms with Crippen LogP contribution in [-0.4, -0.2) is 25.5 Å². The van der Waals surface area contributed by atoms with Crippen LogP contribution in [0.4, 0.5) is 0 Å². The van der Waals surface area contributed by atoms with Crippen molar-refractivity contribution in [3.8, 4) is 0 Å². The van der Waals surface area contributed by atoms with E-state index in [4.69, 9.17) is 0 Å². The fourth-order valence-corrected chi connectivity index (χ4v) is 3.70. The summed E-state index contributed by atoms with van der Waals surface area (Å²) in [6, 6.07) is 3.93. The van der Waals surface area contributed by atoms with Crippen LogP contribution in [0.15, 0.2) is 12.1 Å². The van der Waals surface area contributed by atoms with Gasteiger partial charge in [0.25, 0.3) is 11.7 Å². The molecule has 0 fully saturated rings. The van der Waals surface area contributed by atoms with Crippen LogP contribution in [0.3, 0.4) is 0 Å². The van der Waals surface area contributed by atoms with Crippen molar-refractivity contribution in [2.45, 2.75) is 40.7 Å². The second-order valence-corrected chi connectivity index (χ2v) is 7.21. The van der Waals surface area contributed by atoms with E-state index in [0.717, 1.165) is 17.0 Å².